The van der Waals surface area contributed by atoms with Gasteiger partial charge in [0, 0.05) is 0 Å². The van der Waals surface area contributed by atoms with Crippen LogP contribution in [0.1, 0.15) is 0 Å². The number of para-hydroxylation sites is 2. The number of ether oxygens (including phenoxy) is 2. The molecule has 0 radical (unpaired) electrons. The Labute approximate surface area is 99.3 Å². The lowest BCUT2D eigenvalue weighted by molar-refractivity contribution is -0.00700. The second-order valence-electron chi connectivity index (χ2n) is 3.72. The first-order valence-corrected chi connectivity index (χ1v) is 5.41. The third-order valence-corrected chi connectivity index (χ3v) is 2.35. The van der Waals surface area contributed by atoms with Gasteiger partial charge < -0.3 is 9.47 Å². The Hall–Kier alpha value is -2.29. The summed E-state index contributed by atoms with van der Waals surface area (Å²) >= 11 is 0. The summed E-state index contributed by atoms with van der Waals surface area (Å²) in [6, 6.07) is 19.0. The molecule has 3 nitrogen and oxygen atoms in total. The van der Waals surface area contributed by atoms with Gasteiger partial charge >= 0.3 is 5.91 Å². The van der Waals surface area contributed by atoms with E-state index < -0.39 is 5.91 Å². The van der Waals surface area contributed by atoms with E-state index in [2.05, 4.69) is 4.99 Å². The number of hydrogen-bond donors (Lipinski definition) is 0. The third-order valence-electron chi connectivity index (χ3n) is 2.35. The highest BCUT2D eigenvalue weighted by molar-refractivity contribution is 5.81. The zero-order valence-corrected chi connectivity index (χ0v) is 9.11. The standard InChI is InChI=1S/C14H11NO2/c1-3-7-12(8-4-1)16-14(11-15-14)17-13-9-5-2-6-10-13/h1-11H. The van der Waals surface area contributed by atoms with E-state index in [-0.39, 0.29) is 0 Å². The summed E-state index contributed by atoms with van der Waals surface area (Å²) in [6.45, 7) is 0. The van der Waals surface area contributed by atoms with Crippen LogP contribution in [-0.2, 0) is 0 Å². The van der Waals surface area contributed by atoms with Gasteiger partial charge in [0.25, 0.3) is 0 Å². The maximum absolute atomic E-state index is 5.67. The fourth-order valence-electron chi connectivity index (χ4n) is 1.49. The van der Waals surface area contributed by atoms with Gasteiger partial charge in [-0.25, -0.2) is 0 Å². The number of hydrogen-bond acceptors (Lipinski definition) is 3. The van der Waals surface area contributed by atoms with E-state index in [1.165, 1.54) is 0 Å². The van der Waals surface area contributed by atoms with Crippen molar-refractivity contribution in [2.24, 2.45) is 4.99 Å². The van der Waals surface area contributed by atoms with Crippen LogP contribution in [-0.4, -0.2) is 12.1 Å². The van der Waals surface area contributed by atoms with Crippen molar-refractivity contribution in [1.29, 1.82) is 0 Å². The molecule has 84 valence electrons. The molecule has 0 saturated heterocycles. The smallest absolute Gasteiger partial charge is 0.395 e. The molecule has 3 rings (SSSR count). The van der Waals surface area contributed by atoms with Gasteiger partial charge in [0.15, 0.2) is 0 Å². The highest BCUT2D eigenvalue weighted by atomic mass is 16.7. The maximum Gasteiger partial charge on any atom is 0.395 e. The quantitative estimate of drug-likeness (QED) is 0.749. The first-order chi connectivity index (χ1) is 8.36. The molecular formula is C14H11NO2. The molecule has 2 aromatic carbocycles. The van der Waals surface area contributed by atoms with Gasteiger partial charge in [0.05, 0.1) is 0 Å². The van der Waals surface area contributed by atoms with Crippen LogP contribution < -0.4 is 9.47 Å². The summed E-state index contributed by atoms with van der Waals surface area (Å²) in [5.74, 6) is 0.532. The van der Waals surface area contributed by atoms with Crippen molar-refractivity contribution in [3.05, 3.63) is 60.7 Å². The van der Waals surface area contributed by atoms with E-state index >= 15 is 0 Å². The van der Waals surface area contributed by atoms with Crippen LogP contribution in [0.2, 0.25) is 0 Å². The Bertz CT molecular complexity index is 473. The fraction of sp³-hybridized carbons (Fsp3) is 0.0714. The van der Waals surface area contributed by atoms with E-state index in [4.69, 9.17) is 9.47 Å². The van der Waals surface area contributed by atoms with Crippen LogP contribution in [0, 0.1) is 0 Å². The van der Waals surface area contributed by atoms with E-state index in [1.54, 1.807) is 6.21 Å². The van der Waals surface area contributed by atoms with Gasteiger partial charge in [-0.3, -0.25) is 0 Å². The molecule has 3 heteroatoms. The predicted molar refractivity (Wildman–Crippen MR) is 65.4 cm³/mol. The number of benzene rings is 2. The van der Waals surface area contributed by atoms with Crippen molar-refractivity contribution >= 4 is 6.21 Å². The van der Waals surface area contributed by atoms with Crippen molar-refractivity contribution in [3.63, 3.8) is 0 Å². The maximum atomic E-state index is 5.67. The van der Waals surface area contributed by atoms with Crippen LogP contribution in [0.3, 0.4) is 0 Å². The van der Waals surface area contributed by atoms with Gasteiger partial charge in [0.1, 0.15) is 17.7 Å². The van der Waals surface area contributed by atoms with E-state index in [0.29, 0.717) is 0 Å². The molecule has 1 aliphatic rings. The first kappa shape index (κ1) is 9.90. The average molecular weight is 225 g/mol. The fourth-order valence-corrected chi connectivity index (χ4v) is 1.49. The largest absolute Gasteiger partial charge is 0.430 e. The Morgan fingerprint density at radius 1 is 0.706 bits per heavy atom. The zero-order valence-electron chi connectivity index (χ0n) is 9.11. The molecule has 17 heavy (non-hydrogen) atoms. The summed E-state index contributed by atoms with van der Waals surface area (Å²) in [5.41, 5.74) is 0. The molecule has 0 unspecified atom stereocenters. The summed E-state index contributed by atoms with van der Waals surface area (Å²) < 4.78 is 11.3. The minimum absolute atomic E-state index is 0.737. The molecule has 1 aliphatic heterocycles. The Morgan fingerprint density at radius 2 is 1.12 bits per heavy atom. The molecule has 0 saturated carbocycles. The minimum Gasteiger partial charge on any atom is -0.430 e. The van der Waals surface area contributed by atoms with E-state index in [1.807, 2.05) is 60.7 Å². The minimum atomic E-state index is -0.942. The Kier molecular flexibility index (Phi) is 2.29. The topological polar surface area (TPSA) is 30.8 Å². The molecule has 0 amide bonds. The Balaban J connectivity index is 1.71. The van der Waals surface area contributed by atoms with Crippen molar-refractivity contribution < 1.29 is 9.47 Å². The average Bonchev–Trinajstić information content (AvgIpc) is 3.11. The molecule has 0 aliphatic carbocycles. The molecule has 0 spiro atoms. The normalized spacial score (nSPS) is 15.3. The lowest BCUT2D eigenvalue weighted by Gasteiger charge is -2.17. The monoisotopic (exact) mass is 225 g/mol. The second kappa shape index (κ2) is 3.94. The van der Waals surface area contributed by atoms with Crippen molar-refractivity contribution in [2.75, 3.05) is 0 Å². The zero-order chi connectivity index (χ0) is 11.6. The third kappa shape index (κ3) is 2.28. The summed E-state index contributed by atoms with van der Waals surface area (Å²) in [6.07, 6.45) is 1.65. The lowest BCUT2D eigenvalue weighted by atomic mass is 10.3. The molecule has 0 fully saturated rings. The van der Waals surface area contributed by atoms with E-state index in [9.17, 15) is 0 Å². The second-order valence-corrected chi connectivity index (χ2v) is 3.72. The summed E-state index contributed by atoms with van der Waals surface area (Å²) in [7, 11) is 0. The van der Waals surface area contributed by atoms with Crippen molar-refractivity contribution in [1.82, 2.24) is 0 Å². The lowest BCUT2D eigenvalue weighted by Crippen LogP contribution is -2.29. The van der Waals surface area contributed by atoms with Gasteiger partial charge in [-0.1, -0.05) is 36.4 Å². The summed E-state index contributed by atoms with van der Waals surface area (Å²) in [5, 5.41) is 0. The van der Waals surface area contributed by atoms with Crippen LogP contribution in [0.4, 0.5) is 0 Å². The number of aliphatic imine (C=N–C) groups is 1. The highest BCUT2D eigenvalue weighted by Crippen LogP contribution is 2.29. The predicted octanol–water partition coefficient (Wildman–Crippen LogP) is 2.88. The van der Waals surface area contributed by atoms with Crippen LogP contribution in [0.5, 0.6) is 11.5 Å². The SMILES string of the molecule is C1=NC1(Oc1ccccc1)Oc1ccccc1. The molecule has 0 aromatic heterocycles. The van der Waals surface area contributed by atoms with Crippen LogP contribution in [0.15, 0.2) is 65.7 Å². The molecule has 0 N–H and O–H groups in total. The van der Waals surface area contributed by atoms with Gasteiger partial charge in [0.2, 0.25) is 0 Å². The van der Waals surface area contributed by atoms with Gasteiger partial charge in [-0.15, -0.1) is 0 Å². The van der Waals surface area contributed by atoms with E-state index in [0.717, 1.165) is 11.5 Å². The van der Waals surface area contributed by atoms with Crippen molar-refractivity contribution in [2.45, 2.75) is 5.91 Å². The molecule has 2 aromatic rings. The molecule has 0 bridgehead atoms. The van der Waals surface area contributed by atoms with Gasteiger partial charge in [-0.05, 0) is 24.3 Å². The molecule has 1 heterocycles. The molecular weight excluding hydrogens is 214 g/mol. The number of nitrogens with zero attached hydrogens (tertiary/aromatic N) is 1. The van der Waals surface area contributed by atoms with Crippen LogP contribution in [0.25, 0.3) is 0 Å². The van der Waals surface area contributed by atoms with Crippen LogP contribution >= 0.6 is 0 Å². The Morgan fingerprint density at radius 3 is 1.47 bits per heavy atom. The highest BCUT2D eigenvalue weighted by Gasteiger charge is 2.43. The summed E-state index contributed by atoms with van der Waals surface area (Å²) in [4.78, 5) is 4.05. The molecule has 0 atom stereocenters. The van der Waals surface area contributed by atoms with Gasteiger partial charge in [-0.2, -0.15) is 4.99 Å². The van der Waals surface area contributed by atoms with Crippen molar-refractivity contribution in [3.8, 4) is 11.5 Å². The first-order valence-electron chi connectivity index (χ1n) is 5.41. The number of rotatable bonds is 4.